The largest absolute Gasteiger partial charge is 0.379 e. The zero-order valence-electron chi connectivity index (χ0n) is 18.8. The molecule has 1 saturated heterocycles. The molecule has 0 saturated carbocycles. The van der Waals surface area contributed by atoms with E-state index in [9.17, 15) is 9.59 Å². The molecular weight excluding hydrogens is 460 g/mol. The Morgan fingerprint density at radius 1 is 1.21 bits per heavy atom. The van der Waals surface area contributed by atoms with Crippen LogP contribution in [-0.2, 0) is 14.3 Å². The summed E-state index contributed by atoms with van der Waals surface area (Å²) in [7, 11) is 0. The van der Waals surface area contributed by atoms with Crippen LogP contribution in [-0.4, -0.2) is 78.3 Å². The molecule has 3 heterocycles. The minimum Gasteiger partial charge on any atom is -0.379 e. The third-order valence-electron chi connectivity index (χ3n) is 6.01. The molecule has 2 aromatic rings. The van der Waals surface area contributed by atoms with E-state index in [4.69, 9.17) is 21.4 Å². The van der Waals surface area contributed by atoms with Crippen molar-refractivity contribution >= 4 is 40.5 Å². The average molecular weight is 489 g/mol. The summed E-state index contributed by atoms with van der Waals surface area (Å²) in [5, 5.41) is 8.84. The van der Waals surface area contributed by atoms with Crippen LogP contribution in [0, 0.1) is 0 Å². The van der Waals surface area contributed by atoms with E-state index in [2.05, 4.69) is 4.90 Å². The van der Waals surface area contributed by atoms with E-state index < -0.39 is 0 Å². The average Bonchev–Trinajstić information content (AvgIpc) is 3.52. The normalized spacial score (nSPS) is 18.9. The summed E-state index contributed by atoms with van der Waals surface area (Å²) in [4.78, 5) is 31.1. The number of thiophene rings is 1. The summed E-state index contributed by atoms with van der Waals surface area (Å²) < 4.78 is 5.40. The quantitative estimate of drug-likeness (QED) is 0.569. The molecule has 33 heavy (non-hydrogen) atoms. The number of hydrogen-bond acceptors (Lipinski definition) is 6. The number of hydrogen-bond donors (Lipinski definition) is 0. The van der Waals surface area contributed by atoms with Gasteiger partial charge in [-0.05, 0) is 23.1 Å². The van der Waals surface area contributed by atoms with Gasteiger partial charge in [0.05, 0.1) is 29.8 Å². The van der Waals surface area contributed by atoms with E-state index in [1.54, 1.807) is 16.2 Å². The first kappa shape index (κ1) is 23.9. The molecule has 0 N–H and O–H groups in total. The smallest absolute Gasteiger partial charge is 0.262 e. The van der Waals surface area contributed by atoms with Crippen molar-refractivity contribution in [2.45, 2.75) is 25.8 Å². The second kappa shape index (κ2) is 11.2. The van der Waals surface area contributed by atoms with Crippen LogP contribution in [0.4, 0.5) is 0 Å². The van der Waals surface area contributed by atoms with Gasteiger partial charge < -0.3 is 9.64 Å². The maximum atomic E-state index is 13.5. The fraction of sp³-hybridized carbons (Fsp3) is 0.458. The summed E-state index contributed by atoms with van der Waals surface area (Å²) in [5.41, 5.74) is 1.73. The molecular formula is C24H29ClN4O3S. The molecule has 0 aliphatic carbocycles. The zero-order valence-corrected chi connectivity index (χ0v) is 20.4. The van der Waals surface area contributed by atoms with Crippen LogP contribution in [0.1, 0.15) is 36.2 Å². The Balaban J connectivity index is 1.52. The first-order chi connectivity index (χ1) is 16.1. The fourth-order valence-electron chi connectivity index (χ4n) is 4.16. The summed E-state index contributed by atoms with van der Waals surface area (Å²) >= 11 is 8.09. The van der Waals surface area contributed by atoms with Crippen molar-refractivity contribution in [1.82, 2.24) is 14.8 Å². The number of morpholine rings is 1. The second-order valence-electron chi connectivity index (χ2n) is 8.13. The van der Waals surface area contributed by atoms with Gasteiger partial charge >= 0.3 is 0 Å². The van der Waals surface area contributed by atoms with Crippen molar-refractivity contribution in [3.63, 3.8) is 0 Å². The first-order valence-corrected chi connectivity index (χ1v) is 12.6. The maximum Gasteiger partial charge on any atom is 0.262 e. The number of ether oxygens (including phenoxy) is 1. The lowest BCUT2D eigenvalue weighted by Gasteiger charge is -2.31. The summed E-state index contributed by atoms with van der Waals surface area (Å²) in [6, 6.07) is 11.3. The van der Waals surface area contributed by atoms with Gasteiger partial charge in [0.15, 0.2) is 0 Å². The van der Waals surface area contributed by atoms with Crippen molar-refractivity contribution in [1.29, 1.82) is 0 Å². The Bertz CT molecular complexity index is 991. The number of carbonyl (C=O) groups is 2. The van der Waals surface area contributed by atoms with Gasteiger partial charge in [0.25, 0.3) is 5.91 Å². The summed E-state index contributed by atoms with van der Waals surface area (Å²) in [6.07, 6.45) is 0.944. The highest BCUT2D eigenvalue weighted by atomic mass is 35.5. The molecule has 4 rings (SSSR count). The van der Waals surface area contributed by atoms with Gasteiger partial charge in [-0.15, -0.1) is 11.3 Å². The minimum absolute atomic E-state index is 0.000807. The topological polar surface area (TPSA) is 65.5 Å². The molecule has 0 spiro atoms. The van der Waals surface area contributed by atoms with Gasteiger partial charge in [-0.2, -0.15) is 5.10 Å². The van der Waals surface area contributed by atoms with Crippen LogP contribution in [0.5, 0.6) is 0 Å². The Kier molecular flexibility index (Phi) is 8.14. The number of amides is 2. The molecule has 2 amide bonds. The summed E-state index contributed by atoms with van der Waals surface area (Å²) in [6.45, 7) is 6.14. The van der Waals surface area contributed by atoms with Crippen molar-refractivity contribution in [2.24, 2.45) is 5.10 Å². The van der Waals surface area contributed by atoms with Crippen molar-refractivity contribution in [3.05, 3.63) is 57.2 Å². The standard InChI is InChI=1S/C24H29ClN4O3S/c1-2-23(30)28(10-9-27-11-13-32-14-12-27)17-24(31)29-21(18-6-3-4-7-19(18)25)16-20(26-29)22-8-5-15-33-22/h3-8,15,21H,2,9-14,16-17H2,1H3/t21-/m1/s1. The molecule has 1 atom stereocenters. The van der Waals surface area contributed by atoms with Crippen LogP contribution in [0.25, 0.3) is 0 Å². The van der Waals surface area contributed by atoms with E-state index >= 15 is 0 Å². The molecule has 176 valence electrons. The Labute approximate surface area is 203 Å². The highest BCUT2D eigenvalue weighted by molar-refractivity contribution is 7.12. The summed E-state index contributed by atoms with van der Waals surface area (Å²) in [5.74, 6) is -0.234. The van der Waals surface area contributed by atoms with E-state index in [-0.39, 0.29) is 24.4 Å². The van der Waals surface area contributed by atoms with E-state index in [0.717, 1.165) is 35.8 Å². The number of benzene rings is 1. The monoisotopic (exact) mass is 488 g/mol. The molecule has 7 nitrogen and oxygen atoms in total. The van der Waals surface area contributed by atoms with Crippen molar-refractivity contribution in [3.8, 4) is 0 Å². The Morgan fingerprint density at radius 2 is 2.00 bits per heavy atom. The lowest BCUT2D eigenvalue weighted by Crippen LogP contribution is -2.46. The van der Waals surface area contributed by atoms with Crippen LogP contribution < -0.4 is 0 Å². The number of nitrogens with zero attached hydrogens (tertiary/aromatic N) is 4. The fourth-order valence-corrected chi connectivity index (χ4v) is 5.14. The lowest BCUT2D eigenvalue weighted by molar-refractivity contribution is -0.141. The second-order valence-corrected chi connectivity index (χ2v) is 9.48. The first-order valence-electron chi connectivity index (χ1n) is 11.3. The molecule has 1 fully saturated rings. The number of hydrazone groups is 1. The van der Waals surface area contributed by atoms with Gasteiger partial charge in [0.2, 0.25) is 5.91 Å². The predicted molar refractivity (Wildman–Crippen MR) is 131 cm³/mol. The number of carbonyl (C=O) groups excluding carboxylic acids is 2. The van der Waals surface area contributed by atoms with Crippen LogP contribution in [0.15, 0.2) is 46.9 Å². The van der Waals surface area contributed by atoms with E-state index in [0.29, 0.717) is 37.6 Å². The molecule has 9 heteroatoms. The third kappa shape index (κ3) is 5.81. The Hall–Kier alpha value is -2.26. The zero-order chi connectivity index (χ0) is 23.2. The SMILES string of the molecule is CCC(=O)N(CCN1CCOCC1)CC(=O)N1N=C(c2cccs2)C[C@@H]1c1ccccc1Cl. The van der Waals surface area contributed by atoms with Crippen LogP contribution in [0.3, 0.4) is 0 Å². The molecule has 2 aliphatic rings. The van der Waals surface area contributed by atoms with Crippen molar-refractivity contribution < 1.29 is 14.3 Å². The predicted octanol–water partition coefficient (Wildman–Crippen LogP) is 3.65. The van der Waals surface area contributed by atoms with E-state index in [1.807, 2.05) is 48.7 Å². The van der Waals surface area contributed by atoms with Crippen LogP contribution in [0.2, 0.25) is 5.02 Å². The molecule has 0 unspecified atom stereocenters. The van der Waals surface area contributed by atoms with Gasteiger partial charge in [0, 0.05) is 44.0 Å². The minimum atomic E-state index is -0.291. The van der Waals surface area contributed by atoms with Gasteiger partial charge in [0.1, 0.15) is 6.54 Å². The number of rotatable bonds is 8. The highest BCUT2D eigenvalue weighted by Crippen LogP contribution is 2.37. The molecule has 0 bridgehead atoms. The van der Waals surface area contributed by atoms with Gasteiger partial charge in [-0.25, -0.2) is 5.01 Å². The van der Waals surface area contributed by atoms with Gasteiger partial charge in [-0.1, -0.05) is 42.8 Å². The molecule has 1 aromatic carbocycles. The number of halogens is 1. The van der Waals surface area contributed by atoms with E-state index in [1.165, 1.54) is 5.01 Å². The molecule has 2 aliphatic heterocycles. The van der Waals surface area contributed by atoms with Gasteiger partial charge in [-0.3, -0.25) is 14.5 Å². The third-order valence-corrected chi connectivity index (χ3v) is 7.27. The lowest BCUT2D eigenvalue weighted by atomic mass is 10.0. The highest BCUT2D eigenvalue weighted by Gasteiger charge is 2.35. The Morgan fingerprint density at radius 3 is 2.70 bits per heavy atom. The van der Waals surface area contributed by atoms with Crippen LogP contribution >= 0.6 is 22.9 Å². The van der Waals surface area contributed by atoms with Crippen molar-refractivity contribution in [2.75, 3.05) is 45.9 Å². The maximum absolute atomic E-state index is 13.5. The molecule has 0 radical (unpaired) electrons. The molecule has 1 aromatic heterocycles.